The molecule has 0 fully saturated rings. The van der Waals surface area contributed by atoms with E-state index >= 15 is 0 Å². The van der Waals surface area contributed by atoms with Crippen LogP contribution in [0.15, 0.2) is 47.5 Å². The zero-order valence-electron chi connectivity index (χ0n) is 18.1. The fourth-order valence-corrected chi connectivity index (χ4v) is 3.01. The molecule has 2 aromatic rings. The van der Waals surface area contributed by atoms with Gasteiger partial charge in [-0.25, -0.2) is 4.39 Å². The minimum Gasteiger partial charge on any atom is -0.352 e. The lowest BCUT2D eigenvalue weighted by Crippen LogP contribution is -2.36. The number of nitrogens with one attached hydrogen (secondary N) is 2. The monoisotopic (exact) mass is 566 g/mol. The molecule has 176 valence electrons. The highest BCUT2D eigenvalue weighted by Crippen LogP contribution is 2.32. The van der Waals surface area contributed by atoms with Crippen molar-refractivity contribution in [2.24, 2.45) is 4.99 Å². The van der Waals surface area contributed by atoms with Crippen LogP contribution in [0.2, 0.25) is 0 Å². The molecule has 0 heterocycles. The van der Waals surface area contributed by atoms with Crippen molar-refractivity contribution in [1.29, 1.82) is 0 Å². The molecule has 0 aliphatic carbocycles. The predicted molar refractivity (Wildman–Crippen MR) is 128 cm³/mol. The lowest BCUT2D eigenvalue weighted by Gasteiger charge is -2.19. The second-order valence-corrected chi connectivity index (χ2v) is 6.75. The fraction of sp³-hybridized carbons (Fsp3) is 0.364. The van der Waals surface area contributed by atoms with E-state index in [0.29, 0.717) is 37.2 Å². The van der Waals surface area contributed by atoms with Gasteiger partial charge in [0.05, 0.1) is 5.56 Å². The van der Waals surface area contributed by atoms with Gasteiger partial charge in [0.15, 0.2) is 5.96 Å². The fourth-order valence-electron chi connectivity index (χ4n) is 3.01. The van der Waals surface area contributed by atoms with Gasteiger partial charge in [0.25, 0.3) is 5.91 Å². The van der Waals surface area contributed by atoms with E-state index in [1.165, 1.54) is 7.05 Å². The maximum atomic E-state index is 13.2. The number of aliphatic imine (C=N–C) groups is 1. The number of benzene rings is 2. The van der Waals surface area contributed by atoms with E-state index in [0.717, 1.165) is 17.7 Å². The molecule has 2 aromatic carbocycles. The Balaban J connectivity index is 0.00000512. The summed E-state index contributed by atoms with van der Waals surface area (Å²) in [6.45, 7) is 5.28. The van der Waals surface area contributed by atoms with Crippen LogP contribution < -0.4 is 10.6 Å². The first-order valence-electron chi connectivity index (χ1n) is 9.87. The van der Waals surface area contributed by atoms with Crippen molar-refractivity contribution in [3.05, 3.63) is 70.5 Å². The summed E-state index contributed by atoms with van der Waals surface area (Å²) in [5.74, 6) is -0.691. The Bertz CT molecular complexity index is 913. The van der Waals surface area contributed by atoms with Gasteiger partial charge in [-0.05, 0) is 49.2 Å². The molecular formula is C22H27F4IN4O. The van der Waals surface area contributed by atoms with Gasteiger partial charge < -0.3 is 15.5 Å². The van der Waals surface area contributed by atoms with E-state index in [4.69, 9.17) is 0 Å². The van der Waals surface area contributed by atoms with Gasteiger partial charge >= 0.3 is 6.18 Å². The highest BCUT2D eigenvalue weighted by Gasteiger charge is 2.33. The van der Waals surface area contributed by atoms with Gasteiger partial charge in [-0.2, -0.15) is 13.2 Å². The summed E-state index contributed by atoms with van der Waals surface area (Å²) in [6.07, 6.45) is -4.65. The molecule has 2 rings (SSSR count). The number of halogens is 5. The molecule has 0 spiro atoms. The molecule has 32 heavy (non-hydrogen) atoms. The van der Waals surface area contributed by atoms with Gasteiger partial charge in [0.2, 0.25) is 0 Å². The van der Waals surface area contributed by atoms with Gasteiger partial charge in [0.1, 0.15) is 5.82 Å². The van der Waals surface area contributed by atoms with Crippen molar-refractivity contribution in [2.75, 3.05) is 20.1 Å². The second kappa shape index (κ2) is 12.6. The van der Waals surface area contributed by atoms with Crippen LogP contribution in [0.25, 0.3) is 0 Å². The maximum Gasteiger partial charge on any atom is 0.416 e. The summed E-state index contributed by atoms with van der Waals surface area (Å²) >= 11 is 0. The average Bonchev–Trinajstić information content (AvgIpc) is 2.75. The maximum absolute atomic E-state index is 13.2. The largest absolute Gasteiger partial charge is 0.416 e. The molecule has 0 aromatic heterocycles. The summed E-state index contributed by atoms with van der Waals surface area (Å²) in [7, 11) is 1.50. The quantitative estimate of drug-likeness (QED) is 0.219. The number of rotatable bonds is 7. The summed E-state index contributed by atoms with van der Waals surface area (Å²) in [6, 6.07) is 9.66. The summed E-state index contributed by atoms with van der Waals surface area (Å²) in [5.41, 5.74) is 0.350. The molecule has 0 bridgehead atoms. The van der Waals surface area contributed by atoms with Crippen molar-refractivity contribution in [1.82, 2.24) is 15.5 Å². The van der Waals surface area contributed by atoms with E-state index in [2.05, 4.69) is 15.6 Å². The Morgan fingerprint density at radius 1 is 1.00 bits per heavy atom. The molecule has 2 N–H and O–H groups in total. The lowest BCUT2D eigenvalue weighted by atomic mass is 10.1. The summed E-state index contributed by atoms with van der Waals surface area (Å²) < 4.78 is 52.6. The Morgan fingerprint density at radius 2 is 1.59 bits per heavy atom. The van der Waals surface area contributed by atoms with Crippen LogP contribution >= 0.6 is 24.0 Å². The van der Waals surface area contributed by atoms with Crippen molar-refractivity contribution in [3.63, 3.8) is 0 Å². The smallest absolute Gasteiger partial charge is 0.352 e. The van der Waals surface area contributed by atoms with E-state index in [1.54, 1.807) is 29.2 Å². The van der Waals surface area contributed by atoms with Gasteiger partial charge in [-0.3, -0.25) is 9.79 Å². The zero-order chi connectivity index (χ0) is 23.0. The normalized spacial score (nSPS) is 11.5. The van der Waals surface area contributed by atoms with Crippen LogP contribution in [0.5, 0.6) is 0 Å². The minimum absolute atomic E-state index is 0. The third kappa shape index (κ3) is 7.64. The molecule has 0 aliphatic heterocycles. The highest BCUT2D eigenvalue weighted by molar-refractivity contribution is 14.0. The number of guanidine groups is 1. The molecular weight excluding hydrogens is 539 g/mol. The number of nitrogens with zero attached hydrogens (tertiary/aromatic N) is 2. The van der Waals surface area contributed by atoms with Crippen LogP contribution in [-0.4, -0.2) is 36.9 Å². The van der Waals surface area contributed by atoms with Crippen molar-refractivity contribution in [3.8, 4) is 0 Å². The SMILES string of the molecule is CCN(CC)C(=O)c1ccc(CNC(=NC)NCc2ccc(F)cc2C(F)(F)F)cc1.I. The summed E-state index contributed by atoms with van der Waals surface area (Å²) in [4.78, 5) is 18.1. The van der Waals surface area contributed by atoms with Crippen LogP contribution in [0.1, 0.15) is 40.9 Å². The molecule has 0 radical (unpaired) electrons. The van der Waals surface area contributed by atoms with E-state index < -0.39 is 17.6 Å². The lowest BCUT2D eigenvalue weighted by molar-refractivity contribution is -0.138. The Kier molecular flexibility index (Phi) is 10.9. The highest BCUT2D eigenvalue weighted by atomic mass is 127. The standard InChI is InChI=1S/C22H26F4N4O.HI/c1-4-30(5-2)20(31)16-8-6-15(7-9-16)13-28-21(27-3)29-14-17-10-11-18(23)12-19(17)22(24,25)26;/h6-12H,4-5,13-14H2,1-3H3,(H2,27,28,29);1H. The first-order valence-corrected chi connectivity index (χ1v) is 9.87. The Morgan fingerprint density at radius 3 is 2.12 bits per heavy atom. The zero-order valence-corrected chi connectivity index (χ0v) is 20.4. The number of carbonyl (C=O) groups excluding carboxylic acids is 1. The number of hydrogen-bond donors (Lipinski definition) is 2. The van der Waals surface area contributed by atoms with Crippen LogP contribution in [0, 0.1) is 5.82 Å². The molecule has 5 nitrogen and oxygen atoms in total. The molecule has 10 heteroatoms. The average molecular weight is 566 g/mol. The Labute approximate surface area is 202 Å². The molecule has 0 atom stereocenters. The van der Waals surface area contributed by atoms with Crippen LogP contribution in [0.3, 0.4) is 0 Å². The third-order valence-corrected chi connectivity index (χ3v) is 4.76. The van der Waals surface area contributed by atoms with Crippen molar-refractivity contribution in [2.45, 2.75) is 33.1 Å². The van der Waals surface area contributed by atoms with E-state index in [9.17, 15) is 22.4 Å². The first-order chi connectivity index (χ1) is 14.7. The predicted octanol–water partition coefficient (Wildman–Crippen LogP) is 4.81. The minimum atomic E-state index is -4.65. The number of alkyl halides is 3. The number of amides is 1. The van der Waals surface area contributed by atoms with Crippen LogP contribution in [0.4, 0.5) is 17.6 Å². The van der Waals surface area contributed by atoms with Gasteiger partial charge in [-0.1, -0.05) is 18.2 Å². The number of hydrogen-bond acceptors (Lipinski definition) is 2. The van der Waals surface area contributed by atoms with Crippen molar-refractivity contribution >= 4 is 35.8 Å². The topological polar surface area (TPSA) is 56.7 Å². The third-order valence-electron chi connectivity index (χ3n) is 4.76. The molecule has 0 unspecified atom stereocenters. The molecule has 0 aliphatic rings. The second-order valence-electron chi connectivity index (χ2n) is 6.75. The van der Waals surface area contributed by atoms with Crippen molar-refractivity contribution < 1.29 is 22.4 Å². The van der Waals surface area contributed by atoms with Gasteiger partial charge in [-0.15, -0.1) is 24.0 Å². The number of carbonyl (C=O) groups is 1. The Hall–Kier alpha value is -2.37. The van der Waals surface area contributed by atoms with E-state index in [1.807, 2.05) is 13.8 Å². The molecule has 1 amide bonds. The van der Waals surface area contributed by atoms with E-state index in [-0.39, 0.29) is 42.0 Å². The van der Waals surface area contributed by atoms with Gasteiger partial charge in [0, 0.05) is 38.8 Å². The van der Waals surface area contributed by atoms with Crippen LogP contribution in [-0.2, 0) is 19.3 Å². The molecule has 0 saturated carbocycles. The summed E-state index contributed by atoms with van der Waals surface area (Å²) in [5, 5.41) is 5.81. The molecule has 0 saturated heterocycles. The first kappa shape index (κ1) is 27.7.